The molecule has 0 atom stereocenters. The number of hydrogen-bond acceptors (Lipinski definition) is 0. The molecule has 2 nitrogen and oxygen atoms in total. The van der Waals surface area contributed by atoms with Crippen LogP contribution in [0, 0.1) is 0 Å². The van der Waals surface area contributed by atoms with E-state index < -0.39 is 0 Å². The summed E-state index contributed by atoms with van der Waals surface area (Å²) in [5.74, 6) is 0. The maximum Gasteiger partial charge on any atom is 0 e. The third-order valence-electron chi connectivity index (χ3n) is 0. The molecule has 0 aliphatic heterocycles. The summed E-state index contributed by atoms with van der Waals surface area (Å²) in [7, 11) is 0. The molecule has 0 fully saturated rings. The van der Waals surface area contributed by atoms with Crippen LogP contribution in [0.25, 0.3) is 0 Å². The molecule has 0 aliphatic carbocycles. The van der Waals surface area contributed by atoms with Gasteiger partial charge in [0.2, 0.25) is 0 Å². The zero-order chi connectivity index (χ0) is 0. The van der Waals surface area contributed by atoms with E-state index in [0.29, 0.717) is 0 Å². The SMILES string of the molecule is [N].[Ni].[O].[P]. The monoisotopic (exact) mass is 119 g/mol. The topological polar surface area (TPSA) is 59.0 Å². The molecule has 0 aromatic heterocycles. The smallest absolute Gasteiger partial charge is 0 e. The fraction of sp³-hybridized carbons (Fsp3) is 0. The zero-order valence-electron chi connectivity index (χ0n) is 1.62. The van der Waals surface area contributed by atoms with E-state index in [9.17, 15) is 0 Å². The Balaban J connectivity index is 0. The minimum absolute atomic E-state index is 0. The molecule has 0 N–H and O–H groups in total. The van der Waals surface area contributed by atoms with E-state index >= 15 is 0 Å². The van der Waals surface area contributed by atoms with Crippen molar-refractivity contribution in [1.82, 2.24) is 6.15 Å². The predicted molar refractivity (Wildman–Crippen MR) is 9.74 cm³/mol. The second kappa shape index (κ2) is 43.7. The van der Waals surface area contributed by atoms with Gasteiger partial charge in [0, 0.05) is 38.0 Å². The summed E-state index contributed by atoms with van der Waals surface area (Å²) in [5, 5.41) is 0. The van der Waals surface area contributed by atoms with Crippen molar-refractivity contribution in [1.29, 1.82) is 0 Å². The molecule has 0 aromatic carbocycles. The van der Waals surface area contributed by atoms with Crippen molar-refractivity contribution in [3.63, 3.8) is 0 Å². The molecule has 0 spiro atoms. The molecule has 0 saturated heterocycles. The van der Waals surface area contributed by atoms with Crippen molar-refractivity contribution in [3.05, 3.63) is 0 Å². The van der Waals surface area contributed by atoms with Crippen molar-refractivity contribution < 1.29 is 22.0 Å². The van der Waals surface area contributed by atoms with Crippen molar-refractivity contribution >= 4 is 9.90 Å². The van der Waals surface area contributed by atoms with Crippen LogP contribution in [-0.4, -0.2) is 0 Å². The van der Waals surface area contributed by atoms with Crippen LogP contribution in [0.2, 0.25) is 0 Å². The third kappa shape index (κ3) is 13.6. The van der Waals surface area contributed by atoms with Gasteiger partial charge in [0.1, 0.15) is 0 Å². The number of nitrogens with zero attached hydrogens (tertiary/aromatic N) is 1. The van der Waals surface area contributed by atoms with Gasteiger partial charge in [-0.05, 0) is 0 Å². The van der Waals surface area contributed by atoms with Crippen LogP contribution in [0.15, 0.2) is 0 Å². The first-order valence-electron chi connectivity index (χ1n) is 0. The van der Waals surface area contributed by atoms with Crippen LogP contribution >= 0.6 is 9.90 Å². The van der Waals surface area contributed by atoms with Gasteiger partial charge in [0.25, 0.3) is 0 Å². The first-order chi connectivity index (χ1) is 0. The summed E-state index contributed by atoms with van der Waals surface area (Å²) in [6, 6.07) is 0. The Bertz CT molecular complexity index is 8.00. The molecule has 26 valence electrons. The molecule has 0 saturated carbocycles. The van der Waals surface area contributed by atoms with Gasteiger partial charge in [-0.25, -0.2) is 0 Å². The first kappa shape index (κ1) is 101. The Kier molecular flexibility index (Phi) is 1100. The Morgan fingerprint density at radius 1 is 1.00 bits per heavy atom. The average molecular weight is 120 g/mol. The van der Waals surface area contributed by atoms with E-state index in [2.05, 4.69) is 0 Å². The van der Waals surface area contributed by atoms with E-state index in [1.807, 2.05) is 0 Å². The molecule has 0 heterocycles. The van der Waals surface area contributed by atoms with Crippen molar-refractivity contribution in [2.24, 2.45) is 0 Å². The van der Waals surface area contributed by atoms with E-state index in [-0.39, 0.29) is 38.0 Å². The molecule has 0 bridgehead atoms. The van der Waals surface area contributed by atoms with E-state index in [1.165, 1.54) is 0 Å². The summed E-state index contributed by atoms with van der Waals surface area (Å²) in [6.07, 6.45) is 0. The molecule has 0 rings (SSSR count). The molecule has 0 aliphatic rings. The van der Waals surface area contributed by atoms with Gasteiger partial charge >= 0.3 is 0 Å². The van der Waals surface area contributed by atoms with Crippen LogP contribution in [0.5, 0.6) is 0 Å². The molecule has 8 radical (unpaired) electrons. The second-order valence-corrected chi connectivity index (χ2v) is 0. The van der Waals surface area contributed by atoms with Gasteiger partial charge < -0.3 is 0 Å². The first-order valence-corrected chi connectivity index (χ1v) is 0. The second-order valence-electron chi connectivity index (χ2n) is 0. The van der Waals surface area contributed by atoms with Crippen LogP contribution in [0.4, 0.5) is 0 Å². The van der Waals surface area contributed by atoms with E-state index in [0.717, 1.165) is 0 Å². The average Bonchev–Trinajstić information content (AvgIpc) is 0. The number of hydrogen-bond donors (Lipinski definition) is 0. The molecular formula is NNiOP. The summed E-state index contributed by atoms with van der Waals surface area (Å²) < 4.78 is 0. The fourth-order valence-electron chi connectivity index (χ4n) is 0. The summed E-state index contributed by atoms with van der Waals surface area (Å²) in [6.45, 7) is 0. The molecule has 4 heteroatoms. The van der Waals surface area contributed by atoms with Crippen molar-refractivity contribution in [2.45, 2.75) is 0 Å². The minimum atomic E-state index is 0. The van der Waals surface area contributed by atoms with Crippen LogP contribution in [-0.2, 0) is 22.0 Å². The Labute approximate surface area is 38.8 Å². The Morgan fingerprint density at radius 3 is 1.00 bits per heavy atom. The third-order valence-corrected chi connectivity index (χ3v) is 0. The summed E-state index contributed by atoms with van der Waals surface area (Å²) in [5.41, 5.74) is 0. The van der Waals surface area contributed by atoms with Gasteiger partial charge in [-0.15, -0.1) is 0 Å². The van der Waals surface area contributed by atoms with Gasteiger partial charge in [-0.3, -0.25) is 0 Å². The standard InChI is InChI=1S/N.Ni.O.P. The normalized spacial score (nSPS) is 0. The molecule has 4 heavy (non-hydrogen) atoms. The number of rotatable bonds is 0. The van der Waals surface area contributed by atoms with E-state index in [4.69, 9.17) is 0 Å². The van der Waals surface area contributed by atoms with Crippen LogP contribution in [0.3, 0.4) is 0 Å². The van der Waals surface area contributed by atoms with Crippen LogP contribution < -0.4 is 6.15 Å². The Hall–Kier alpha value is 0.844. The quantitative estimate of drug-likeness (QED) is 0.325. The maximum atomic E-state index is 0. The van der Waals surface area contributed by atoms with E-state index in [1.54, 1.807) is 0 Å². The molecular weight excluding hydrogens is 120 g/mol. The van der Waals surface area contributed by atoms with Crippen molar-refractivity contribution in [2.75, 3.05) is 0 Å². The molecule has 0 amide bonds. The molecule has 0 aromatic rings. The predicted octanol–water partition coefficient (Wildman–Crippen LogP) is 0.259. The van der Waals surface area contributed by atoms with Gasteiger partial charge in [0.15, 0.2) is 0 Å². The van der Waals surface area contributed by atoms with Gasteiger partial charge in [0.05, 0.1) is 0 Å². The Morgan fingerprint density at radius 2 is 1.00 bits per heavy atom. The summed E-state index contributed by atoms with van der Waals surface area (Å²) >= 11 is 0. The fourth-order valence-corrected chi connectivity index (χ4v) is 0. The van der Waals surface area contributed by atoms with Crippen LogP contribution in [0.1, 0.15) is 0 Å². The zero-order valence-corrected chi connectivity index (χ0v) is 3.50. The maximum absolute atomic E-state index is 0. The minimum Gasteiger partial charge on any atom is 0 e. The van der Waals surface area contributed by atoms with Gasteiger partial charge in [-0.1, -0.05) is 0 Å². The molecule has 0 unspecified atom stereocenters. The van der Waals surface area contributed by atoms with Gasteiger partial charge in [-0.2, -0.15) is 0 Å². The van der Waals surface area contributed by atoms with Crippen molar-refractivity contribution in [3.8, 4) is 0 Å². The largest absolute Gasteiger partial charge is 0 e. The summed E-state index contributed by atoms with van der Waals surface area (Å²) in [4.78, 5) is 0.